The minimum atomic E-state index is 0. The summed E-state index contributed by atoms with van der Waals surface area (Å²) in [6, 6.07) is 9.34. The zero-order valence-electron chi connectivity index (χ0n) is 9.40. The first-order chi connectivity index (χ1) is 6.76. The molecule has 0 bridgehead atoms. The molecule has 0 aliphatic carbocycles. The Labute approximate surface area is 98.3 Å². The number of halogens is 1. The van der Waals surface area contributed by atoms with Crippen molar-refractivity contribution in [3.05, 3.63) is 35.9 Å². The van der Waals surface area contributed by atoms with Gasteiger partial charge in [-0.25, -0.2) is 0 Å². The molecule has 15 heavy (non-hydrogen) atoms. The maximum Gasteiger partial charge on any atom is 0.162 e. The van der Waals surface area contributed by atoms with E-state index in [1.54, 1.807) is 0 Å². The molecule has 1 aromatic rings. The van der Waals surface area contributed by atoms with Crippen LogP contribution in [0.25, 0.3) is 0 Å². The summed E-state index contributed by atoms with van der Waals surface area (Å²) < 4.78 is 0. The van der Waals surface area contributed by atoms with Gasteiger partial charge in [0, 0.05) is 12.0 Å². The lowest BCUT2D eigenvalue weighted by Gasteiger charge is -1.93. The number of carbonyl (C=O) groups excluding carboxylic acids is 1. The van der Waals surface area contributed by atoms with Crippen molar-refractivity contribution in [2.75, 3.05) is 6.54 Å². The van der Waals surface area contributed by atoms with Gasteiger partial charge in [-0.2, -0.15) is 0 Å². The molecule has 0 saturated carbocycles. The molecule has 0 atom stereocenters. The Morgan fingerprint density at radius 2 is 1.67 bits per heavy atom. The Morgan fingerprint density at radius 1 is 1.20 bits per heavy atom. The number of Topliss-reactive ketones (excluding diaryl/α,β-unsaturated/α-hetero) is 1. The highest BCUT2D eigenvalue weighted by molar-refractivity contribution is 5.95. The van der Waals surface area contributed by atoms with Crippen molar-refractivity contribution in [3.8, 4) is 0 Å². The molecule has 3 heteroatoms. The van der Waals surface area contributed by atoms with Gasteiger partial charge < -0.3 is 5.73 Å². The molecule has 0 radical (unpaired) electrons. The summed E-state index contributed by atoms with van der Waals surface area (Å²) in [5.74, 6) is 0.209. The van der Waals surface area contributed by atoms with Crippen molar-refractivity contribution >= 4 is 18.2 Å². The van der Waals surface area contributed by atoms with Gasteiger partial charge in [0.1, 0.15) is 0 Å². The molecule has 0 aromatic heterocycles. The molecular formula is C12H20ClNO. The molecule has 1 rings (SSSR count). The predicted molar refractivity (Wildman–Crippen MR) is 67.7 cm³/mol. The highest BCUT2D eigenvalue weighted by Crippen LogP contribution is 2.01. The standard InChI is InChI=1S/C9H10O.C3H9N.ClH/c1-2-9(10)8-6-4-3-5-7-8;1-2-3-4;/h3-7H,2H2,1H3;2-4H2,1H3;1H. The van der Waals surface area contributed by atoms with Gasteiger partial charge in [-0.3, -0.25) is 4.79 Å². The Bertz CT molecular complexity index is 247. The van der Waals surface area contributed by atoms with Crippen LogP contribution >= 0.6 is 12.4 Å². The molecule has 0 fully saturated rings. The minimum absolute atomic E-state index is 0. The van der Waals surface area contributed by atoms with Crippen LogP contribution in [0.4, 0.5) is 0 Å². The zero-order valence-corrected chi connectivity index (χ0v) is 10.2. The highest BCUT2D eigenvalue weighted by atomic mass is 35.5. The Balaban J connectivity index is 0. The summed E-state index contributed by atoms with van der Waals surface area (Å²) in [6.07, 6.45) is 1.68. The number of ketones is 1. The van der Waals surface area contributed by atoms with E-state index in [1.165, 1.54) is 0 Å². The van der Waals surface area contributed by atoms with Gasteiger partial charge in [0.25, 0.3) is 0 Å². The van der Waals surface area contributed by atoms with Crippen molar-refractivity contribution in [2.24, 2.45) is 5.73 Å². The second-order valence-corrected chi connectivity index (χ2v) is 2.93. The molecule has 2 N–H and O–H groups in total. The maximum absolute atomic E-state index is 11.0. The molecule has 0 heterocycles. The SMILES string of the molecule is CCC(=O)c1ccccc1.CCCN.Cl. The van der Waals surface area contributed by atoms with Crippen LogP contribution in [-0.2, 0) is 0 Å². The van der Waals surface area contributed by atoms with E-state index in [-0.39, 0.29) is 18.2 Å². The quantitative estimate of drug-likeness (QED) is 0.810. The van der Waals surface area contributed by atoms with E-state index in [0.717, 1.165) is 18.5 Å². The van der Waals surface area contributed by atoms with Crippen LogP contribution < -0.4 is 5.73 Å². The van der Waals surface area contributed by atoms with E-state index in [0.29, 0.717) is 6.42 Å². The van der Waals surface area contributed by atoms with Crippen LogP contribution in [0.5, 0.6) is 0 Å². The van der Waals surface area contributed by atoms with Crippen molar-refractivity contribution in [2.45, 2.75) is 26.7 Å². The van der Waals surface area contributed by atoms with Crippen molar-refractivity contribution in [1.82, 2.24) is 0 Å². The summed E-state index contributed by atoms with van der Waals surface area (Å²) in [7, 11) is 0. The Kier molecular flexibility index (Phi) is 12.4. The lowest BCUT2D eigenvalue weighted by Crippen LogP contribution is -1.94. The molecule has 0 aliphatic rings. The van der Waals surface area contributed by atoms with Gasteiger partial charge in [0.15, 0.2) is 5.78 Å². The summed E-state index contributed by atoms with van der Waals surface area (Å²) in [5.41, 5.74) is 5.84. The van der Waals surface area contributed by atoms with Crippen LogP contribution in [0.2, 0.25) is 0 Å². The number of hydrogen-bond acceptors (Lipinski definition) is 2. The summed E-state index contributed by atoms with van der Waals surface area (Å²) >= 11 is 0. The second-order valence-electron chi connectivity index (χ2n) is 2.93. The third-order valence-electron chi connectivity index (χ3n) is 1.71. The van der Waals surface area contributed by atoms with E-state index in [9.17, 15) is 4.79 Å². The van der Waals surface area contributed by atoms with Crippen molar-refractivity contribution in [1.29, 1.82) is 0 Å². The van der Waals surface area contributed by atoms with Crippen LogP contribution in [-0.4, -0.2) is 12.3 Å². The lowest BCUT2D eigenvalue weighted by atomic mass is 10.1. The fourth-order valence-electron chi connectivity index (χ4n) is 0.828. The second kappa shape index (κ2) is 11.2. The summed E-state index contributed by atoms with van der Waals surface area (Å²) in [4.78, 5) is 11.0. The third-order valence-corrected chi connectivity index (χ3v) is 1.71. The van der Waals surface area contributed by atoms with Gasteiger partial charge in [0.05, 0.1) is 0 Å². The van der Waals surface area contributed by atoms with E-state index in [4.69, 9.17) is 5.73 Å². The van der Waals surface area contributed by atoms with E-state index in [2.05, 4.69) is 6.92 Å². The molecule has 0 aliphatic heterocycles. The van der Waals surface area contributed by atoms with Gasteiger partial charge in [-0.15, -0.1) is 12.4 Å². The van der Waals surface area contributed by atoms with Crippen LogP contribution in [0.3, 0.4) is 0 Å². The highest BCUT2D eigenvalue weighted by Gasteiger charge is 1.98. The largest absolute Gasteiger partial charge is 0.330 e. The van der Waals surface area contributed by atoms with E-state index >= 15 is 0 Å². The first-order valence-electron chi connectivity index (χ1n) is 5.04. The third kappa shape index (κ3) is 8.16. The number of nitrogens with two attached hydrogens (primary N) is 1. The van der Waals surface area contributed by atoms with Gasteiger partial charge >= 0.3 is 0 Å². The van der Waals surface area contributed by atoms with Crippen molar-refractivity contribution in [3.63, 3.8) is 0 Å². The smallest absolute Gasteiger partial charge is 0.162 e. The van der Waals surface area contributed by atoms with Gasteiger partial charge in [-0.05, 0) is 13.0 Å². The molecule has 0 unspecified atom stereocenters. The Hall–Kier alpha value is -0.860. The van der Waals surface area contributed by atoms with Gasteiger partial charge in [-0.1, -0.05) is 44.2 Å². The minimum Gasteiger partial charge on any atom is -0.330 e. The van der Waals surface area contributed by atoms with E-state index in [1.807, 2.05) is 37.3 Å². The number of rotatable bonds is 3. The first kappa shape index (κ1) is 16.6. The van der Waals surface area contributed by atoms with Gasteiger partial charge in [0.2, 0.25) is 0 Å². The zero-order chi connectivity index (χ0) is 10.8. The van der Waals surface area contributed by atoms with E-state index < -0.39 is 0 Å². The van der Waals surface area contributed by atoms with Crippen molar-refractivity contribution < 1.29 is 4.79 Å². The molecule has 1 aromatic carbocycles. The summed E-state index contributed by atoms with van der Waals surface area (Å²) in [5, 5.41) is 0. The normalized spacial score (nSPS) is 8.20. The molecule has 2 nitrogen and oxygen atoms in total. The molecule has 86 valence electrons. The average molecular weight is 230 g/mol. The van der Waals surface area contributed by atoms with Crippen LogP contribution in [0.15, 0.2) is 30.3 Å². The molecule has 0 amide bonds. The fraction of sp³-hybridized carbons (Fsp3) is 0.417. The fourth-order valence-corrected chi connectivity index (χ4v) is 0.828. The Morgan fingerprint density at radius 3 is 2.00 bits per heavy atom. The predicted octanol–water partition coefficient (Wildman–Crippen LogP) is 3.06. The first-order valence-corrected chi connectivity index (χ1v) is 5.04. The summed E-state index contributed by atoms with van der Waals surface area (Å²) in [6.45, 7) is 4.75. The maximum atomic E-state index is 11.0. The molecule has 0 saturated heterocycles. The van der Waals surface area contributed by atoms with Crippen LogP contribution in [0, 0.1) is 0 Å². The topological polar surface area (TPSA) is 43.1 Å². The number of carbonyl (C=O) groups is 1. The average Bonchev–Trinajstić information content (AvgIpc) is 2.29. The molecular weight excluding hydrogens is 210 g/mol. The monoisotopic (exact) mass is 229 g/mol. The number of hydrogen-bond donors (Lipinski definition) is 1. The van der Waals surface area contributed by atoms with Crippen LogP contribution in [0.1, 0.15) is 37.0 Å². The number of benzene rings is 1. The molecule has 0 spiro atoms. The lowest BCUT2D eigenvalue weighted by molar-refractivity contribution is 0.0988.